The lowest BCUT2D eigenvalue weighted by molar-refractivity contribution is 0.0985. The number of carbonyl (C=O) groups is 1. The van der Waals surface area contributed by atoms with Gasteiger partial charge in [-0.1, -0.05) is 43.4 Å². The van der Waals surface area contributed by atoms with E-state index in [4.69, 9.17) is 10.2 Å². The number of benzene rings is 2. The zero-order valence-electron chi connectivity index (χ0n) is 16.7. The SMILES string of the molecule is CC(C)c1cccc2sc(N(Cc3cccnc3)C(=O)c3ccc(C#N)cc3)nc12. The number of aromatic nitrogens is 2. The molecule has 0 spiro atoms. The molecule has 0 radical (unpaired) electrons. The van der Waals surface area contributed by atoms with Crippen molar-refractivity contribution < 1.29 is 4.79 Å². The fraction of sp³-hybridized carbons (Fsp3) is 0.167. The molecule has 0 saturated carbocycles. The zero-order chi connectivity index (χ0) is 21.1. The van der Waals surface area contributed by atoms with Gasteiger partial charge in [-0.3, -0.25) is 14.7 Å². The predicted octanol–water partition coefficient (Wildman–Crippen LogP) is 5.53. The average molecular weight is 413 g/mol. The Morgan fingerprint density at radius 2 is 1.93 bits per heavy atom. The van der Waals surface area contributed by atoms with Crippen molar-refractivity contribution in [3.8, 4) is 6.07 Å². The summed E-state index contributed by atoms with van der Waals surface area (Å²) < 4.78 is 1.06. The van der Waals surface area contributed by atoms with E-state index < -0.39 is 0 Å². The first-order chi connectivity index (χ1) is 14.6. The van der Waals surface area contributed by atoms with Crippen LogP contribution in [0.1, 0.15) is 46.8 Å². The normalized spacial score (nSPS) is 10.9. The van der Waals surface area contributed by atoms with Crippen molar-refractivity contribution in [1.29, 1.82) is 5.26 Å². The summed E-state index contributed by atoms with van der Waals surface area (Å²) in [6, 6.07) is 18.7. The number of hydrogen-bond acceptors (Lipinski definition) is 5. The van der Waals surface area contributed by atoms with Gasteiger partial charge in [-0.2, -0.15) is 5.26 Å². The largest absolute Gasteiger partial charge is 0.279 e. The van der Waals surface area contributed by atoms with Crippen molar-refractivity contribution in [1.82, 2.24) is 9.97 Å². The van der Waals surface area contributed by atoms with Crippen LogP contribution in [0.4, 0.5) is 5.13 Å². The molecule has 6 heteroatoms. The van der Waals surface area contributed by atoms with E-state index in [1.54, 1.807) is 41.6 Å². The van der Waals surface area contributed by atoms with Crippen molar-refractivity contribution in [2.75, 3.05) is 4.90 Å². The number of nitriles is 1. The molecule has 4 rings (SSSR count). The van der Waals surface area contributed by atoms with Gasteiger partial charge in [0.15, 0.2) is 5.13 Å². The van der Waals surface area contributed by atoms with E-state index in [1.807, 2.05) is 24.3 Å². The smallest absolute Gasteiger partial charge is 0.260 e. The van der Waals surface area contributed by atoms with Crippen LogP contribution in [0, 0.1) is 11.3 Å². The van der Waals surface area contributed by atoms with Crippen LogP contribution in [0.25, 0.3) is 10.2 Å². The maximum Gasteiger partial charge on any atom is 0.260 e. The summed E-state index contributed by atoms with van der Waals surface area (Å²) in [5, 5.41) is 9.69. The van der Waals surface area contributed by atoms with Crippen LogP contribution in [-0.4, -0.2) is 15.9 Å². The lowest BCUT2D eigenvalue weighted by atomic mass is 10.0. The first kappa shape index (κ1) is 19.7. The van der Waals surface area contributed by atoms with E-state index in [0.29, 0.717) is 28.7 Å². The van der Waals surface area contributed by atoms with Crippen molar-refractivity contribution in [2.24, 2.45) is 0 Å². The van der Waals surface area contributed by atoms with Crippen molar-refractivity contribution >= 4 is 32.6 Å². The van der Waals surface area contributed by atoms with Gasteiger partial charge in [-0.15, -0.1) is 0 Å². The summed E-state index contributed by atoms with van der Waals surface area (Å²) >= 11 is 1.51. The van der Waals surface area contributed by atoms with Gasteiger partial charge in [0.25, 0.3) is 5.91 Å². The molecule has 0 bridgehead atoms. The molecule has 0 aliphatic heterocycles. The number of para-hydroxylation sites is 1. The van der Waals surface area contributed by atoms with Crippen LogP contribution in [0.5, 0.6) is 0 Å². The molecule has 0 saturated heterocycles. The molecule has 148 valence electrons. The van der Waals surface area contributed by atoms with E-state index in [-0.39, 0.29) is 5.91 Å². The molecule has 2 heterocycles. The zero-order valence-corrected chi connectivity index (χ0v) is 17.6. The highest BCUT2D eigenvalue weighted by molar-refractivity contribution is 7.22. The molecule has 4 aromatic rings. The van der Waals surface area contributed by atoms with E-state index in [0.717, 1.165) is 15.8 Å². The van der Waals surface area contributed by atoms with Gasteiger partial charge >= 0.3 is 0 Å². The van der Waals surface area contributed by atoms with Gasteiger partial charge in [-0.25, -0.2) is 4.98 Å². The lowest BCUT2D eigenvalue weighted by Gasteiger charge is -2.20. The highest BCUT2D eigenvalue weighted by Crippen LogP contribution is 2.34. The van der Waals surface area contributed by atoms with E-state index in [2.05, 4.69) is 31.0 Å². The Hall–Kier alpha value is -3.56. The number of pyridine rings is 1. The summed E-state index contributed by atoms with van der Waals surface area (Å²) in [5.41, 5.74) is 4.06. The topological polar surface area (TPSA) is 69.9 Å². The lowest BCUT2D eigenvalue weighted by Crippen LogP contribution is -2.30. The Labute approximate surface area is 179 Å². The highest BCUT2D eigenvalue weighted by atomic mass is 32.1. The van der Waals surface area contributed by atoms with Gasteiger partial charge in [0, 0.05) is 18.0 Å². The summed E-state index contributed by atoms with van der Waals surface area (Å²) in [7, 11) is 0. The third kappa shape index (κ3) is 3.93. The molecular weight excluding hydrogens is 392 g/mol. The minimum absolute atomic E-state index is 0.159. The molecule has 1 amide bonds. The Kier molecular flexibility index (Phi) is 5.55. The molecule has 2 aromatic heterocycles. The Balaban J connectivity index is 1.79. The number of thiazole rings is 1. The second-order valence-electron chi connectivity index (χ2n) is 7.29. The Morgan fingerprint density at radius 1 is 1.13 bits per heavy atom. The average Bonchev–Trinajstić information content (AvgIpc) is 3.21. The van der Waals surface area contributed by atoms with Crippen LogP contribution >= 0.6 is 11.3 Å². The molecule has 5 nitrogen and oxygen atoms in total. The number of fused-ring (bicyclic) bond motifs is 1. The molecule has 0 unspecified atom stereocenters. The Morgan fingerprint density at radius 3 is 2.60 bits per heavy atom. The number of hydrogen-bond donors (Lipinski definition) is 0. The minimum Gasteiger partial charge on any atom is -0.279 e. The van der Waals surface area contributed by atoms with Gasteiger partial charge in [0.05, 0.1) is 28.4 Å². The van der Waals surface area contributed by atoms with Crippen LogP contribution in [0.2, 0.25) is 0 Å². The predicted molar refractivity (Wildman–Crippen MR) is 120 cm³/mol. The Bertz CT molecular complexity index is 1220. The van der Waals surface area contributed by atoms with Crippen molar-refractivity contribution in [3.63, 3.8) is 0 Å². The van der Waals surface area contributed by atoms with E-state index >= 15 is 0 Å². The number of anilines is 1. The summed E-state index contributed by atoms with van der Waals surface area (Å²) in [5.74, 6) is 0.179. The van der Waals surface area contributed by atoms with Crippen LogP contribution in [-0.2, 0) is 6.54 Å². The van der Waals surface area contributed by atoms with Gasteiger partial charge in [-0.05, 0) is 53.4 Å². The molecule has 30 heavy (non-hydrogen) atoms. The first-order valence-electron chi connectivity index (χ1n) is 9.67. The van der Waals surface area contributed by atoms with E-state index in [9.17, 15) is 4.79 Å². The van der Waals surface area contributed by atoms with Gasteiger partial charge < -0.3 is 0 Å². The maximum absolute atomic E-state index is 13.4. The number of rotatable bonds is 5. The van der Waals surface area contributed by atoms with E-state index in [1.165, 1.54) is 16.9 Å². The van der Waals surface area contributed by atoms with Crippen LogP contribution in [0.3, 0.4) is 0 Å². The third-order valence-corrected chi connectivity index (χ3v) is 5.90. The second-order valence-corrected chi connectivity index (χ2v) is 8.30. The minimum atomic E-state index is -0.159. The summed E-state index contributed by atoms with van der Waals surface area (Å²) in [6.45, 7) is 4.65. The van der Waals surface area contributed by atoms with Crippen LogP contribution in [0.15, 0.2) is 67.0 Å². The fourth-order valence-corrected chi connectivity index (χ4v) is 4.28. The molecule has 2 aromatic carbocycles. The van der Waals surface area contributed by atoms with Gasteiger partial charge in [0.2, 0.25) is 0 Å². The maximum atomic E-state index is 13.4. The molecule has 0 atom stereocenters. The molecular formula is C24H20N4OS. The van der Waals surface area contributed by atoms with Crippen LogP contribution < -0.4 is 4.90 Å². The second kappa shape index (κ2) is 8.44. The van der Waals surface area contributed by atoms with Crippen molar-refractivity contribution in [2.45, 2.75) is 26.3 Å². The first-order valence-corrected chi connectivity index (χ1v) is 10.5. The number of nitrogens with zero attached hydrogens (tertiary/aromatic N) is 4. The highest BCUT2D eigenvalue weighted by Gasteiger charge is 2.23. The molecule has 0 N–H and O–H groups in total. The molecule has 0 fully saturated rings. The summed E-state index contributed by atoms with van der Waals surface area (Å²) in [4.78, 5) is 24.2. The monoisotopic (exact) mass is 412 g/mol. The number of carbonyl (C=O) groups excluding carboxylic acids is 1. The van der Waals surface area contributed by atoms with Gasteiger partial charge in [0.1, 0.15) is 0 Å². The molecule has 0 aliphatic carbocycles. The molecule has 0 aliphatic rings. The standard InChI is InChI=1S/C24H20N4OS/c1-16(2)20-6-3-7-21-22(20)27-24(30-21)28(15-18-5-4-12-26-14-18)23(29)19-10-8-17(13-25)9-11-19/h3-12,14,16H,15H2,1-2H3. The summed E-state index contributed by atoms with van der Waals surface area (Å²) in [6.07, 6.45) is 3.47. The number of amides is 1. The van der Waals surface area contributed by atoms with Crippen molar-refractivity contribution in [3.05, 3.63) is 89.2 Å². The third-order valence-electron chi connectivity index (χ3n) is 4.86. The quantitative estimate of drug-likeness (QED) is 0.432. The fourth-order valence-electron chi connectivity index (χ4n) is 3.28.